The van der Waals surface area contributed by atoms with E-state index in [1.165, 1.54) is 18.2 Å². The van der Waals surface area contributed by atoms with Gasteiger partial charge in [0.2, 0.25) is 5.91 Å². The largest absolute Gasteiger partial charge is 0.462 e. The number of likely N-dealkylation sites (tertiary alicyclic amines) is 1. The van der Waals surface area contributed by atoms with Crippen molar-refractivity contribution in [2.75, 3.05) is 13.2 Å². The standard InChI is InChI=1S/C19H17ClFNO3/c20-16-8-4-7-15(18(16)21)19(24)25-12-14-9-17(23)22(11-14)10-13-5-2-1-3-6-13/h1-8,14H,9-12H2/t14-/m1/s1. The van der Waals surface area contributed by atoms with Gasteiger partial charge in [-0.3, -0.25) is 4.79 Å². The van der Waals surface area contributed by atoms with Crippen molar-refractivity contribution in [2.24, 2.45) is 5.92 Å². The van der Waals surface area contributed by atoms with Gasteiger partial charge >= 0.3 is 5.97 Å². The fourth-order valence-electron chi connectivity index (χ4n) is 2.85. The number of rotatable bonds is 5. The van der Waals surface area contributed by atoms with Crippen LogP contribution < -0.4 is 0 Å². The zero-order valence-corrected chi connectivity index (χ0v) is 14.2. The number of ether oxygens (including phenoxy) is 1. The fraction of sp³-hybridized carbons (Fsp3) is 0.263. The second kappa shape index (κ2) is 7.66. The third-order valence-corrected chi connectivity index (χ3v) is 4.42. The van der Waals surface area contributed by atoms with Crippen LogP contribution in [0.1, 0.15) is 22.3 Å². The minimum Gasteiger partial charge on any atom is -0.462 e. The third kappa shape index (κ3) is 4.17. The molecule has 25 heavy (non-hydrogen) atoms. The quantitative estimate of drug-likeness (QED) is 0.763. The van der Waals surface area contributed by atoms with Crippen LogP contribution in [0, 0.1) is 11.7 Å². The Hall–Kier alpha value is -2.40. The summed E-state index contributed by atoms with van der Waals surface area (Å²) in [7, 11) is 0. The molecule has 0 saturated carbocycles. The van der Waals surface area contributed by atoms with Crippen molar-refractivity contribution in [3.8, 4) is 0 Å². The van der Waals surface area contributed by atoms with E-state index in [1.54, 1.807) is 4.90 Å². The molecule has 130 valence electrons. The molecule has 1 saturated heterocycles. The van der Waals surface area contributed by atoms with Crippen LogP contribution in [0.5, 0.6) is 0 Å². The van der Waals surface area contributed by atoms with E-state index in [0.29, 0.717) is 19.5 Å². The number of hydrogen-bond acceptors (Lipinski definition) is 3. The fourth-order valence-corrected chi connectivity index (χ4v) is 3.03. The minimum absolute atomic E-state index is 0.0267. The average molecular weight is 362 g/mol. The summed E-state index contributed by atoms with van der Waals surface area (Å²) in [6, 6.07) is 13.9. The van der Waals surface area contributed by atoms with Crippen molar-refractivity contribution in [3.05, 3.63) is 70.5 Å². The number of nitrogens with zero attached hydrogens (tertiary/aromatic N) is 1. The molecule has 1 amide bonds. The average Bonchev–Trinajstić information content (AvgIpc) is 2.96. The molecule has 0 bridgehead atoms. The highest BCUT2D eigenvalue weighted by Gasteiger charge is 2.30. The maximum Gasteiger partial charge on any atom is 0.341 e. The summed E-state index contributed by atoms with van der Waals surface area (Å²) < 4.78 is 19.0. The lowest BCUT2D eigenvalue weighted by Gasteiger charge is -2.16. The summed E-state index contributed by atoms with van der Waals surface area (Å²) >= 11 is 5.67. The lowest BCUT2D eigenvalue weighted by Crippen LogP contribution is -2.25. The first-order valence-corrected chi connectivity index (χ1v) is 8.35. The molecule has 3 rings (SSSR count). The molecule has 6 heteroatoms. The van der Waals surface area contributed by atoms with E-state index >= 15 is 0 Å². The van der Waals surface area contributed by atoms with Gasteiger partial charge in [0.15, 0.2) is 5.82 Å². The molecule has 0 radical (unpaired) electrons. The van der Waals surface area contributed by atoms with Crippen molar-refractivity contribution in [1.29, 1.82) is 0 Å². The van der Waals surface area contributed by atoms with Crippen molar-refractivity contribution in [2.45, 2.75) is 13.0 Å². The highest BCUT2D eigenvalue weighted by molar-refractivity contribution is 6.31. The first kappa shape index (κ1) is 17.4. The molecular formula is C19H17ClFNO3. The number of carbonyl (C=O) groups is 2. The highest BCUT2D eigenvalue weighted by Crippen LogP contribution is 2.22. The first-order chi connectivity index (χ1) is 12.0. The zero-order valence-electron chi connectivity index (χ0n) is 13.5. The topological polar surface area (TPSA) is 46.6 Å². The monoisotopic (exact) mass is 361 g/mol. The van der Waals surface area contributed by atoms with Crippen LogP contribution in [-0.2, 0) is 16.1 Å². The van der Waals surface area contributed by atoms with Crippen LogP contribution in [0.15, 0.2) is 48.5 Å². The summed E-state index contributed by atoms with van der Waals surface area (Å²) in [5.41, 5.74) is 0.854. The molecule has 0 spiro atoms. The van der Waals surface area contributed by atoms with Crippen LogP contribution in [0.3, 0.4) is 0 Å². The van der Waals surface area contributed by atoms with Crippen LogP contribution >= 0.6 is 11.6 Å². The Balaban J connectivity index is 1.55. The predicted molar refractivity (Wildman–Crippen MR) is 91.7 cm³/mol. The second-order valence-corrected chi connectivity index (χ2v) is 6.44. The number of hydrogen-bond donors (Lipinski definition) is 0. The van der Waals surface area contributed by atoms with E-state index in [1.807, 2.05) is 30.3 Å². The highest BCUT2D eigenvalue weighted by atomic mass is 35.5. The molecule has 2 aromatic carbocycles. The molecule has 4 nitrogen and oxygen atoms in total. The molecular weight excluding hydrogens is 345 g/mol. The number of halogens is 2. The molecule has 0 aromatic heterocycles. The Morgan fingerprint density at radius 1 is 1.20 bits per heavy atom. The van der Waals surface area contributed by atoms with Gasteiger partial charge in [-0.1, -0.05) is 48.0 Å². The maximum absolute atomic E-state index is 13.8. The van der Waals surface area contributed by atoms with Crippen LogP contribution in [0.25, 0.3) is 0 Å². The maximum atomic E-state index is 13.8. The van der Waals surface area contributed by atoms with Gasteiger partial charge in [0.05, 0.1) is 17.2 Å². The van der Waals surface area contributed by atoms with Gasteiger partial charge in [-0.15, -0.1) is 0 Å². The van der Waals surface area contributed by atoms with Gasteiger partial charge in [-0.25, -0.2) is 9.18 Å². The smallest absolute Gasteiger partial charge is 0.341 e. The number of benzene rings is 2. The molecule has 1 aliphatic rings. The number of amides is 1. The summed E-state index contributed by atoms with van der Waals surface area (Å²) in [5.74, 6) is -1.63. The van der Waals surface area contributed by atoms with E-state index in [2.05, 4.69) is 0 Å². The van der Waals surface area contributed by atoms with E-state index in [-0.39, 0.29) is 29.0 Å². The molecule has 1 fully saturated rings. The second-order valence-electron chi connectivity index (χ2n) is 6.03. The third-order valence-electron chi connectivity index (χ3n) is 4.13. The van der Waals surface area contributed by atoms with Crippen LogP contribution in [-0.4, -0.2) is 29.9 Å². The van der Waals surface area contributed by atoms with Gasteiger partial charge in [0, 0.05) is 25.4 Å². The minimum atomic E-state index is -0.789. The number of esters is 1. The Morgan fingerprint density at radius 2 is 1.96 bits per heavy atom. The van der Waals surface area contributed by atoms with Crippen LogP contribution in [0.4, 0.5) is 4.39 Å². The summed E-state index contributed by atoms with van der Waals surface area (Å²) in [4.78, 5) is 25.9. The Labute approximate surface area is 150 Å². The van der Waals surface area contributed by atoms with Crippen LogP contribution in [0.2, 0.25) is 5.02 Å². The van der Waals surface area contributed by atoms with Crippen molar-refractivity contribution in [3.63, 3.8) is 0 Å². The number of carbonyl (C=O) groups excluding carboxylic acids is 2. The SMILES string of the molecule is O=C(OC[C@@H]1CC(=O)N(Cc2ccccc2)C1)c1cccc(Cl)c1F. The molecule has 0 unspecified atom stereocenters. The molecule has 1 aliphatic heterocycles. The van der Waals surface area contributed by atoms with Gasteiger partial charge in [-0.2, -0.15) is 0 Å². The van der Waals surface area contributed by atoms with Crippen molar-refractivity contribution < 1.29 is 18.7 Å². The van der Waals surface area contributed by atoms with E-state index in [9.17, 15) is 14.0 Å². The van der Waals surface area contributed by atoms with Gasteiger partial charge < -0.3 is 9.64 Å². The van der Waals surface area contributed by atoms with E-state index in [4.69, 9.17) is 16.3 Å². The Kier molecular flexibility index (Phi) is 5.34. The molecule has 1 heterocycles. The van der Waals surface area contributed by atoms with Gasteiger partial charge in [0.25, 0.3) is 0 Å². The van der Waals surface area contributed by atoms with Gasteiger partial charge in [-0.05, 0) is 17.7 Å². The first-order valence-electron chi connectivity index (χ1n) is 7.97. The Morgan fingerprint density at radius 3 is 2.72 bits per heavy atom. The summed E-state index contributed by atoms with van der Waals surface area (Å²) in [6.07, 6.45) is 0.318. The summed E-state index contributed by atoms with van der Waals surface area (Å²) in [6.45, 7) is 1.12. The van der Waals surface area contributed by atoms with Gasteiger partial charge in [0.1, 0.15) is 0 Å². The summed E-state index contributed by atoms with van der Waals surface area (Å²) in [5, 5.41) is -0.125. The van der Waals surface area contributed by atoms with E-state index < -0.39 is 11.8 Å². The van der Waals surface area contributed by atoms with Crippen molar-refractivity contribution >= 4 is 23.5 Å². The lowest BCUT2D eigenvalue weighted by molar-refractivity contribution is -0.128. The molecule has 2 aromatic rings. The molecule has 0 aliphatic carbocycles. The van der Waals surface area contributed by atoms with E-state index in [0.717, 1.165) is 5.56 Å². The van der Waals surface area contributed by atoms with Crippen molar-refractivity contribution in [1.82, 2.24) is 4.90 Å². The lowest BCUT2D eigenvalue weighted by atomic mass is 10.1. The normalized spacial score (nSPS) is 17.0. The zero-order chi connectivity index (χ0) is 17.8. The molecule has 1 atom stereocenters. The molecule has 0 N–H and O–H groups in total. The Bertz CT molecular complexity index is 781. The predicted octanol–water partition coefficient (Wildman–Crippen LogP) is 3.68.